The Hall–Kier alpha value is -1.62. The number of nitrogens with one attached hydrogen (secondary N) is 1. The molecule has 1 aromatic rings. The van der Waals surface area contributed by atoms with E-state index in [2.05, 4.69) is 5.32 Å². The van der Waals surface area contributed by atoms with Crippen molar-refractivity contribution < 1.29 is 4.79 Å². The van der Waals surface area contributed by atoms with Gasteiger partial charge >= 0.3 is 0 Å². The summed E-state index contributed by atoms with van der Waals surface area (Å²) in [5, 5.41) is 3.22. The number of aromatic nitrogens is 1. The maximum absolute atomic E-state index is 12.4. The molecule has 1 saturated heterocycles. The van der Waals surface area contributed by atoms with E-state index in [-0.39, 0.29) is 17.5 Å². The van der Waals surface area contributed by atoms with Crippen molar-refractivity contribution in [2.75, 3.05) is 26.2 Å². The van der Waals surface area contributed by atoms with E-state index in [1.807, 2.05) is 11.8 Å². The Morgan fingerprint density at radius 1 is 1.39 bits per heavy atom. The molecule has 1 aliphatic rings. The zero-order chi connectivity index (χ0) is 13.0. The molecule has 1 amide bonds. The van der Waals surface area contributed by atoms with E-state index in [9.17, 15) is 9.59 Å². The van der Waals surface area contributed by atoms with Gasteiger partial charge in [0.05, 0.1) is 0 Å². The highest BCUT2D eigenvalue weighted by Crippen LogP contribution is 2.13. The van der Waals surface area contributed by atoms with Crippen molar-refractivity contribution in [1.29, 1.82) is 0 Å². The van der Waals surface area contributed by atoms with E-state index >= 15 is 0 Å². The van der Waals surface area contributed by atoms with Gasteiger partial charge in [-0.2, -0.15) is 0 Å². The van der Waals surface area contributed by atoms with Crippen molar-refractivity contribution in [3.63, 3.8) is 0 Å². The zero-order valence-electron chi connectivity index (χ0n) is 10.6. The fraction of sp³-hybridized carbons (Fsp3) is 0.538. The third kappa shape index (κ3) is 2.61. The van der Waals surface area contributed by atoms with Gasteiger partial charge in [-0.15, -0.1) is 0 Å². The molecule has 98 valence electrons. The van der Waals surface area contributed by atoms with Crippen LogP contribution in [0.25, 0.3) is 0 Å². The van der Waals surface area contributed by atoms with E-state index in [0.29, 0.717) is 6.42 Å². The fourth-order valence-electron chi connectivity index (χ4n) is 2.28. The minimum atomic E-state index is -0.378. The number of pyridine rings is 1. The van der Waals surface area contributed by atoms with Crippen LogP contribution in [0.15, 0.2) is 29.2 Å². The lowest BCUT2D eigenvalue weighted by Crippen LogP contribution is -2.49. The van der Waals surface area contributed by atoms with Crippen LogP contribution in [0.2, 0.25) is 0 Å². The van der Waals surface area contributed by atoms with Gasteiger partial charge in [-0.25, -0.2) is 0 Å². The molecule has 5 nitrogen and oxygen atoms in total. The third-order valence-corrected chi connectivity index (χ3v) is 3.29. The Morgan fingerprint density at radius 3 is 2.72 bits per heavy atom. The van der Waals surface area contributed by atoms with Crippen LogP contribution in [0.4, 0.5) is 0 Å². The number of rotatable bonds is 3. The first kappa shape index (κ1) is 12.8. The molecule has 1 atom stereocenters. The minimum Gasteiger partial charge on any atom is -0.338 e. The molecule has 18 heavy (non-hydrogen) atoms. The molecule has 2 rings (SSSR count). The Labute approximate surface area is 106 Å². The van der Waals surface area contributed by atoms with E-state index < -0.39 is 0 Å². The topological polar surface area (TPSA) is 54.3 Å². The van der Waals surface area contributed by atoms with E-state index in [1.54, 1.807) is 18.3 Å². The molecule has 5 heteroatoms. The van der Waals surface area contributed by atoms with Crippen molar-refractivity contribution in [3.05, 3.63) is 34.7 Å². The molecule has 0 radical (unpaired) electrons. The number of nitrogens with zero attached hydrogens (tertiary/aromatic N) is 2. The molecule has 2 heterocycles. The summed E-state index contributed by atoms with van der Waals surface area (Å²) in [6.45, 7) is 5.02. The summed E-state index contributed by atoms with van der Waals surface area (Å²) in [6, 6.07) is 4.60. The van der Waals surface area contributed by atoms with Gasteiger partial charge in [0.2, 0.25) is 5.91 Å². The molecule has 1 aromatic heterocycles. The van der Waals surface area contributed by atoms with Gasteiger partial charge in [0, 0.05) is 38.4 Å². The Kier molecular flexibility index (Phi) is 4.15. The first-order valence-electron chi connectivity index (χ1n) is 6.40. The maximum atomic E-state index is 12.4. The maximum Gasteiger partial charge on any atom is 0.251 e. The Balaban J connectivity index is 2.20. The number of hydrogen-bond acceptors (Lipinski definition) is 3. The van der Waals surface area contributed by atoms with Gasteiger partial charge < -0.3 is 14.8 Å². The summed E-state index contributed by atoms with van der Waals surface area (Å²) in [7, 11) is 0. The second-order valence-corrected chi connectivity index (χ2v) is 4.45. The summed E-state index contributed by atoms with van der Waals surface area (Å²) in [5.74, 6) is 0.0484. The molecule has 0 aromatic carbocycles. The van der Waals surface area contributed by atoms with Gasteiger partial charge in [-0.1, -0.05) is 13.0 Å². The number of hydrogen-bond donors (Lipinski definition) is 1. The fourth-order valence-corrected chi connectivity index (χ4v) is 2.28. The van der Waals surface area contributed by atoms with Gasteiger partial charge in [-0.3, -0.25) is 9.59 Å². The summed E-state index contributed by atoms with van der Waals surface area (Å²) in [5.41, 5.74) is -0.118. The largest absolute Gasteiger partial charge is 0.338 e. The van der Waals surface area contributed by atoms with Crippen LogP contribution in [0.3, 0.4) is 0 Å². The van der Waals surface area contributed by atoms with Crippen LogP contribution < -0.4 is 10.9 Å². The summed E-state index contributed by atoms with van der Waals surface area (Å²) in [6.07, 6.45) is 2.32. The highest BCUT2D eigenvalue weighted by Gasteiger charge is 2.25. The predicted molar refractivity (Wildman–Crippen MR) is 69.5 cm³/mol. The highest BCUT2D eigenvalue weighted by atomic mass is 16.2. The van der Waals surface area contributed by atoms with E-state index in [1.165, 1.54) is 10.6 Å². The monoisotopic (exact) mass is 249 g/mol. The molecule has 1 N–H and O–H groups in total. The number of piperazine rings is 1. The molecule has 0 saturated carbocycles. The van der Waals surface area contributed by atoms with Crippen molar-refractivity contribution in [2.24, 2.45) is 0 Å². The molecule has 0 spiro atoms. The van der Waals surface area contributed by atoms with Crippen molar-refractivity contribution in [1.82, 2.24) is 14.8 Å². The summed E-state index contributed by atoms with van der Waals surface area (Å²) >= 11 is 0. The molecule has 1 fully saturated rings. The molecule has 1 unspecified atom stereocenters. The average molecular weight is 249 g/mol. The highest BCUT2D eigenvalue weighted by molar-refractivity contribution is 5.80. The third-order valence-electron chi connectivity index (χ3n) is 3.29. The lowest BCUT2D eigenvalue weighted by atomic mass is 10.1. The molecule has 0 bridgehead atoms. The van der Waals surface area contributed by atoms with Gasteiger partial charge in [0.1, 0.15) is 6.04 Å². The normalized spacial score (nSPS) is 17.5. The second kappa shape index (κ2) is 5.82. The zero-order valence-corrected chi connectivity index (χ0v) is 10.6. The predicted octanol–water partition coefficient (Wildman–Crippen LogP) is 0.231. The van der Waals surface area contributed by atoms with Gasteiger partial charge in [0.15, 0.2) is 0 Å². The van der Waals surface area contributed by atoms with Crippen LogP contribution >= 0.6 is 0 Å². The van der Waals surface area contributed by atoms with Crippen LogP contribution in [-0.2, 0) is 4.79 Å². The number of carbonyl (C=O) groups is 1. The van der Waals surface area contributed by atoms with Crippen LogP contribution in [0.5, 0.6) is 0 Å². The summed E-state index contributed by atoms with van der Waals surface area (Å²) in [4.78, 5) is 26.0. The first-order valence-corrected chi connectivity index (χ1v) is 6.40. The van der Waals surface area contributed by atoms with Gasteiger partial charge in [-0.05, 0) is 12.5 Å². The van der Waals surface area contributed by atoms with Crippen molar-refractivity contribution in [2.45, 2.75) is 19.4 Å². The van der Waals surface area contributed by atoms with Crippen molar-refractivity contribution in [3.8, 4) is 0 Å². The van der Waals surface area contributed by atoms with E-state index in [4.69, 9.17) is 0 Å². The van der Waals surface area contributed by atoms with Crippen molar-refractivity contribution >= 4 is 5.91 Å². The van der Waals surface area contributed by atoms with Crippen LogP contribution in [0, 0.1) is 0 Å². The molecule has 1 aliphatic heterocycles. The lowest BCUT2D eigenvalue weighted by Gasteiger charge is -2.31. The Bertz CT molecular complexity index is 463. The number of amides is 1. The summed E-state index contributed by atoms with van der Waals surface area (Å²) < 4.78 is 1.53. The van der Waals surface area contributed by atoms with Crippen LogP contribution in [-0.4, -0.2) is 41.6 Å². The van der Waals surface area contributed by atoms with Gasteiger partial charge in [0.25, 0.3) is 5.56 Å². The first-order chi connectivity index (χ1) is 8.74. The average Bonchev–Trinajstić information content (AvgIpc) is 2.42. The molecular weight excluding hydrogens is 230 g/mol. The number of carbonyl (C=O) groups excluding carboxylic acids is 1. The Morgan fingerprint density at radius 2 is 2.11 bits per heavy atom. The molecule has 0 aliphatic carbocycles. The smallest absolute Gasteiger partial charge is 0.251 e. The quantitative estimate of drug-likeness (QED) is 0.834. The standard InChI is InChI=1S/C13H19N3O2/c1-2-11(16-8-4-3-5-12(16)17)13(18)15-9-6-14-7-10-15/h3-5,8,11,14H,2,6-7,9-10H2,1H3. The van der Waals surface area contributed by atoms with E-state index in [0.717, 1.165) is 26.2 Å². The van der Waals surface area contributed by atoms with Crippen LogP contribution in [0.1, 0.15) is 19.4 Å². The minimum absolute atomic E-state index is 0.0484. The molecular formula is C13H19N3O2. The lowest BCUT2D eigenvalue weighted by molar-refractivity contribution is -0.135. The SMILES string of the molecule is CCC(C(=O)N1CCNCC1)n1ccccc1=O. The second-order valence-electron chi connectivity index (χ2n) is 4.45.